The molecule has 0 fully saturated rings. The highest BCUT2D eigenvalue weighted by atomic mass is 16.2. The van der Waals surface area contributed by atoms with Gasteiger partial charge in [-0.15, -0.1) is 0 Å². The number of carbonyl (C=O) groups excluding carboxylic acids is 5. The SMILES string of the molecule is CCCC(=O)CNC(=O)CNC(=O)C(CC(N)=O)NC(=O)C(CCCCN)NCC. The van der Waals surface area contributed by atoms with Crippen molar-refractivity contribution < 1.29 is 24.0 Å². The van der Waals surface area contributed by atoms with Crippen LogP contribution in [-0.4, -0.2) is 67.7 Å². The average molecular weight is 429 g/mol. The smallest absolute Gasteiger partial charge is 0.243 e. The number of nitrogens with two attached hydrogens (primary N) is 2. The van der Waals surface area contributed by atoms with Gasteiger partial charge in [0, 0.05) is 6.42 Å². The van der Waals surface area contributed by atoms with Crippen LogP contribution in [0.15, 0.2) is 0 Å². The summed E-state index contributed by atoms with van der Waals surface area (Å²) in [5.74, 6) is -2.59. The zero-order chi connectivity index (χ0) is 22.9. The summed E-state index contributed by atoms with van der Waals surface area (Å²) >= 11 is 0. The Bertz CT molecular complexity index is 584. The van der Waals surface area contributed by atoms with E-state index in [1.54, 1.807) is 0 Å². The van der Waals surface area contributed by atoms with Crippen molar-refractivity contribution in [3.63, 3.8) is 0 Å². The van der Waals surface area contributed by atoms with Crippen LogP contribution in [0.5, 0.6) is 0 Å². The molecule has 0 saturated heterocycles. The number of likely N-dealkylation sites (N-methyl/N-ethyl adjacent to an activating group) is 1. The van der Waals surface area contributed by atoms with E-state index in [9.17, 15) is 24.0 Å². The van der Waals surface area contributed by atoms with Crippen molar-refractivity contribution in [3.8, 4) is 0 Å². The predicted octanol–water partition coefficient (Wildman–Crippen LogP) is -1.94. The number of ketones is 1. The Kier molecular flexibility index (Phi) is 14.9. The van der Waals surface area contributed by atoms with E-state index < -0.39 is 48.7 Å². The molecule has 0 aliphatic heterocycles. The van der Waals surface area contributed by atoms with E-state index in [-0.39, 0.29) is 12.3 Å². The van der Waals surface area contributed by atoms with Crippen LogP contribution < -0.4 is 32.7 Å². The number of Topliss-reactive ketones (excluding diaryl/α,β-unsaturated/α-hetero) is 1. The first kappa shape index (κ1) is 27.5. The Hall–Kier alpha value is -2.53. The highest BCUT2D eigenvalue weighted by Crippen LogP contribution is 2.02. The number of amides is 4. The molecule has 8 N–H and O–H groups in total. The van der Waals surface area contributed by atoms with Crippen molar-refractivity contribution >= 4 is 29.4 Å². The highest BCUT2D eigenvalue weighted by molar-refractivity contribution is 5.95. The minimum Gasteiger partial charge on any atom is -0.370 e. The molecule has 0 radical (unpaired) electrons. The molecule has 0 aliphatic rings. The number of rotatable bonds is 17. The topological polar surface area (TPSA) is 186 Å². The lowest BCUT2D eigenvalue weighted by molar-refractivity contribution is -0.133. The number of primary amides is 1. The van der Waals surface area contributed by atoms with Crippen LogP contribution in [0.4, 0.5) is 0 Å². The second kappa shape index (κ2) is 16.3. The summed E-state index contributed by atoms with van der Waals surface area (Å²) in [5, 5.41) is 10.3. The number of carbonyl (C=O) groups is 5. The van der Waals surface area contributed by atoms with Crippen LogP contribution in [0, 0.1) is 0 Å². The number of nitrogens with one attached hydrogen (secondary N) is 4. The molecule has 0 spiro atoms. The van der Waals surface area contributed by atoms with Crippen LogP contribution in [0.1, 0.15) is 52.4 Å². The van der Waals surface area contributed by atoms with Gasteiger partial charge in [-0.05, 0) is 32.4 Å². The predicted molar refractivity (Wildman–Crippen MR) is 112 cm³/mol. The normalized spacial score (nSPS) is 12.5. The summed E-state index contributed by atoms with van der Waals surface area (Å²) in [6.07, 6.45) is 2.64. The molecular formula is C19H36N6O5. The first-order valence-electron chi connectivity index (χ1n) is 10.3. The Labute approximate surface area is 177 Å². The van der Waals surface area contributed by atoms with E-state index in [4.69, 9.17) is 11.5 Å². The molecule has 0 aromatic heterocycles. The zero-order valence-corrected chi connectivity index (χ0v) is 17.9. The van der Waals surface area contributed by atoms with Crippen molar-refractivity contribution in [2.45, 2.75) is 64.5 Å². The molecule has 172 valence electrons. The van der Waals surface area contributed by atoms with Gasteiger partial charge in [0.2, 0.25) is 23.6 Å². The summed E-state index contributed by atoms with van der Waals surface area (Å²) in [4.78, 5) is 59.5. The fourth-order valence-corrected chi connectivity index (χ4v) is 2.67. The summed E-state index contributed by atoms with van der Waals surface area (Å²) in [7, 11) is 0. The molecule has 0 aliphatic carbocycles. The molecule has 0 aromatic carbocycles. The molecule has 11 heteroatoms. The summed E-state index contributed by atoms with van der Waals surface area (Å²) < 4.78 is 0. The van der Waals surface area contributed by atoms with E-state index in [1.165, 1.54) is 0 Å². The van der Waals surface area contributed by atoms with Crippen molar-refractivity contribution in [1.29, 1.82) is 0 Å². The molecule has 30 heavy (non-hydrogen) atoms. The lowest BCUT2D eigenvalue weighted by Gasteiger charge is -2.22. The summed E-state index contributed by atoms with van der Waals surface area (Å²) in [5.41, 5.74) is 10.7. The second-order valence-corrected chi connectivity index (χ2v) is 6.91. The van der Waals surface area contributed by atoms with Crippen molar-refractivity contribution in [1.82, 2.24) is 21.3 Å². The Morgan fingerprint density at radius 3 is 2.17 bits per heavy atom. The third kappa shape index (κ3) is 12.8. The Balaban J connectivity index is 4.77. The molecule has 0 heterocycles. The number of unbranched alkanes of at least 4 members (excludes halogenated alkanes) is 1. The molecule has 2 unspecified atom stereocenters. The number of hydrogen-bond acceptors (Lipinski definition) is 7. The van der Waals surface area contributed by atoms with E-state index in [0.717, 1.165) is 12.8 Å². The zero-order valence-electron chi connectivity index (χ0n) is 17.9. The van der Waals surface area contributed by atoms with E-state index in [1.807, 2.05) is 13.8 Å². The summed E-state index contributed by atoms with van der Waals surface area (Å²) in [6, 6.07) is -1.75. The van der Waals surface area contributed by atoms with Gasteiger partial charge >= 0.3 is 0 Å². The van der Waals surface area contributed by atoms with Gasteiger partial charge in [-0.3, -0.25) is 24.0 Å². The molecule has 0 saturated carbocycles. The number of hydrogen-bond donors (Lipinski definition) is 6. The molecule has 11 nitrogen and oxygen atoms in total. The van der Waals surface area contributed by atoms with Gasteiger partial charge in [-0.2, -0.15) is 0 Å². The fourth-order valence-electron chi connectivity index (χ4n) is 2.67. The minimum absolute atomic E-state index is 0.111. The average Bonchev–Trinajstić information content (AvgIpc) is 2.69. The van der Waals surface area contributed by atoms with Gasteiger partial charge in [-0.25, -0.2) is 0 Å². The van der Waals surface area contributed by atoms with Crippen LogP contribution in [0.25, 0.3) is 0 Å². The Morgan fingerprint density at radius 2 is 1.60 bits per heavy atom. The van der Waals surface area contributed by atoms with Crippen LogP contribution >= 0.6 is 0 Å². The standard InChI is InChI=1S/C19H36N6O5/c1-3-7-13(26)11-23-17(28)12-24-18(29)15(10-16(21)27)25-19(30)14(22-4-2)8-5-6-9-20/h14-15,22H,3-12,20H2,1-2H3,(H2,21,27)(H,23,28)(H,24,29)(H,25,30). The largest absolute Gasteiger partial charge is 0.370 e. The van der Waals surface area contributed by atoms with Gasteiger partial charge in [0.05, 0.1) is 25.6 Å². The minimum atomic E-state index is -1.21. The molecule has 2 atom stereocenters. The van der Waals surface area contributed by atoms with Gasteiger partial charge in [-0.1, -0.05) is 20.3 Å². The fraction of sp³-hybridized carbons (Fsp3) is 0.737. The van der Waals surface area contributed by atoms with Gasteiger partial charge in [0.15, 0.2) is 5.78 Å². The first-order chi connectivity index (χ1) is 14.2. The lowest BCUT2D eigenvalue weighted by atomic mass is 10.1. The van der Waals surface area contributed by atoms with E-state index in [2.05, 4.69) is 21.3 Å². The maximum Gasteiger partial charge on any atom is 0.243 e. The van der Waals surface area contributed by atoms with Gasteiger partial charge in [0.1, 0.15) is 6.04 Å². The monoisotopic (exact) mass is 428 g/mol. The van der Waals surface area contributed by atoms with Gasteiger partial charge in [0.25, 0.3) is 0 Å². The van der Waals surface area contributed by atoms with E-state index >= 15 is 0 Å². The Morgan fingerprint density at radius 1 is 0.900 bits per heavy atom. The molecule has 0 bridgehead atoms. The first-order valence-corrected chi connectivity index (χ1v) is 10.3. The maximum atomic E-state index is 12.5. The van der Waals surface area contributed by atoms with Crippen LogP contribution in [-0.2, 0) is 24.0 Å². The highest BCUT2D eigenvalue weighted by Gasteiger charge is 2.26. The van der Waals surface area contributed by atoms with Crippen LogP contribution in [0.2, 0.25) is 0 Å². The molecule has 4 amide bonds. The van der Waals surface area contributed by atoms with Crippen LogP contribution in [0.3, 0.4) is 0 Å². The third-order valence-electron chi connectivity index (χ3n) is 4.19. The maximum absolute atomic E-state index is 12.5. The van der Waals surface area contributed by atoms with Crippen molar-refractivity contribution in [3.05, 3.63) is 0 Å². The molecule has 0 aromatic rings. The van der Waals surface area contributed by atoms with Crippen molar-refractivity contribution in [2.75, 3.05) is 26.2 Å². The molecular weight excluding hydrogens is 392 g/mol. The molecule has 0 rings (SSSR count). The quantitative estimate of drug-likeness (QED) is 0.145. The third-order valence-corrected chi connectivity index (χ3v) is 4.19. The van der Waals surface area contributed by atoms with Crippen molar-refractivity contribution in [2.24, 2.45) is 11.5 Å². The summed E-state index contributed by atoms with van der Waals surface area (Å²) in [6.45, 7) is 4.25. The van der Waals surface area contributed by atoms with Gasteiger partial charge < -0.3 is 32.7 Å². The lowest BCUT2D eigenvalue weighted by Crippen LogP contribution is -2.54. The van der Waals surface area contributed by atoms with E-state index in [0.29, 0.717) is 32.4 Å². The second-order valence-electron chi connectivity index (χ2n) is 6.91.